The second-order valence-corrected chi connectivity index (χ2v) is 11.9. The minimum Gasteiger partial charge on any atom is -0.492 e. The molecule has 1 aromatic rings. The molecule has 112 valence electrons. The van der Waals surface area contributed by atoms with Crippen LogP contribution in [-0.2, 0) is 6.42 Å². The van der Waals surface area contributed by atoms with Gasteiger partial charge in [-0.1, -0.05) is 0 Å². The smallest absolute Gasteiger partial charge is 0.177 e. The van der Waals surface area contributed by atoms with Crippen molar-refractivity contribution < 1.29 is 9.47 Å². The Morgan fingerprint density at radius 2 is 1.65 bits per heavy atom. The minimum absolute atomic E-state index is 0.631. The fourth-order valence-electron chi connectivity index (χ4n) is 1.92. The lowest BCUT2D eigenvalue weighted by Gasteiger charge is -2.21. The third kappa shape index (κ3) is 3.44. The molecule has 0 saturated carbocycles. The van der Waals surface area contributed by atoms with E-state index in [1.807, 2.05) is 0 Å². The highest BCUT2D eigenvalue weighted by atomic mass is 33.8. The molecule has 0 unspecified atom stereocenters. The van der Waals surface area contributed by atoms with Crippen molar-refractivity contribution in [1.29, 1.82) is 0 Å². The molecule has 2 rings (SSSR count). The highest BCUT2D eigenvalue weighted by Crippen LogP contribution is 2.64. The lowest BCUT2D eigenvalue weighted by atomic mass is 10.1. The van der Waals surface area contributed by atoms with Gasteiger partial charge in [0.05, 0.1) is 24.0 Å². The van der Waals surface area contributed by atoms with Gasteiger partial charge in [-0.15, -0.1) is 11.8 Å². The van der Waals surface area contributed by atoms with Crippen LogP contribution in [-0.4, -0.2) is 27.0 Å². The zero-order valence-electron chi connectivity index (χ0n) is 11.3. The van der Waals surface area contributed by atoms with Crippen LogP contribution in [0.3, 0.4) is 0 Å². The first-order chi connectivity index (χ1) is 9.78. The third-order valence-corrected chi connectivity index (χ3v) is 12.0. The molecule has 3 nitrogen and oxygen atoms in total. The quantitative estimate of drug-likeness (QED) is 0.558. The largest absolute Gasteiger partial charge is 0.492 e. The Balaban J connectivity index is 2.71. The molecule has 0 radical (unpaired) electrons. The molecule has 20 heavy (non-hydrogen) atoms. The fraction of sp³-hybridized carbons (Fsp3) is 0.455. The third-order valence-electron chi connectivity index (χ3n) is 2.67. The van der Waals surface area contributed by atoms with Gasteiger partial charge in [-0.3, -0.25) is 0 Å². The van der Waals surface area contributed by atoms with E-state index in [1.165, 1.54) is 10.5 Å². The summed E-state index contributed by atoms with van der Waals surface area (Å²) < 4.78 is 11.3. The first-order valence-corrected chi connectivity index (χ1v) is 13.0. The Hall–Kier alpha value is 0.880. The summed E-state index contributed by atoms with van der Waals surface area (Å²) in [6, 6.07) is 0. The van der Waals surface area contributed by atoms with Crippen molar-refractivity contribution in [3.8, 4) is 11.5 Å². The molecule has 0 atom stereocenters. The van der Waals surface area contributed by atoms with E-state index in [4.69, 9.17) is 15.2 Å². The van der Waals surface area contributed by atoms with Crippen LogP contribution in [0.25, 0.3) is 0 Å². The van der Waals surface area contributed by atoms with Gasteiger partial charge in [0, 0.05) is 4.90 Å². The van der Waals surface area contributed by atoms with Crippen LogP contribution >= 0.6 is 62.8 Å². The SMILES string of the molecule is COc1c(OC)c2c(c(CCN)c1SC)SSSSS2. The van der Waals surface area contributed by atoms with Crippen molar-refractivity contribution in [3.05, 3.63) is 5.56 Å². The second kappa shape index (κ2) is 8.50. The first-order valence-electron chi connectivity index (χ1n) is 5.67. The van der Waals surface area contributed by atoms with Gasteiger partial charge in [-0.2, -0.15) is 0 Å². The summed E-state index contributed by atoms with van der Waals surface area (Å²) in [4.78, 5) is 3.56. The highest BCUT2D eigenvalue weighted by Gasteiger charge is 2.27. The maximum Gasteiger partial charge on any atom is 0.177 e. The molecule has 0 saturated heterocycles. The molecule has 1 aliphatic rings. The van der Waals surface area contributed by atoms with E-state index in [0.29, 0.717) is 6.54 Å². The molecule has 9 heteroatoms. The van der Waals surface area contributed by atoms with Crippen molar-refractivity contribution >= 4 is 62.8 Å². The zero-order chi connectivity index (χ0) is 14.5. The summed E-state index contributed by atoms with van der Waals surface area (Å²) in [5.74, 6) is 1.66. The standard InChI is InChI=1S/C11H15NO2S6/c1-13-7-8(14-2)11-10(16-18-20-19-17-11)6(4-5-12)9(7)15-3/h4-5,12H2,1-3H3. The lowest BCUT2D eigenvalue weighted by molar-refractivity contribution is 0.338. The first kappa shape index (κ1) is 17.2. The number of ether oxygens (including phenoxy) is 2. The zero-order valence-corrected chi connectivity index (χ0v) is 16.2. The predicted octanol–water partition coefficient (Wildman–Crippen LogP) is 4.98. The maximum absolute atomic E-state index is 5.80. The number of nitrogens with two attached hydrogens (primary N) is 1. The minimum atomic E-state index is 0.631. The number of hydrogen-bond donors (Lipinski definition) is 1. The van der Waals surface area contributed by atoms with Crippen LogP contribution < -0.4 is 15.2 Å². The Morgan fingerprint density at radius 1 is 1.00 bits per heavy atom. The summed E-state index contributed by atoms with van der Waals surface area (Å²) in [7, 11) is 12.2. The van der Waals surface area contributed by atoms with Crippen LogP contribution in [0.1, 0.15) is 5.56 Å². The van der Waals surface area contributed by atoms with E-state index in [9.17, 15) is 0 Å². The van der Waals surface area contributed by atoms with Gasteiger partial charge in [0.2, 0.25) is 0 Å². The lowest BCUT2D eigenvalue weighted by Crippen LogP contribution is -2.07. The predicted molar refractivity (Wildman–Crippen MR) is 98.6 cm³/mol. The van der Waals surface area contributed by atoms with Crippen LogP contribution in [0.5, 0.6) is 11.5 Å². The van der Waals surface area contributed by atoms with Gasteiger partial charge in [0.1, 0.15) is 0 Å². The molecule has 1 aromatic carbocycles. The van der Waals surface area contributed by atoms with Crippen molar-refractivity contribution in [3.63, 3.8) is 0 Å². The van der Waals surface area contributed by atoms with Crippen LogP contribution in [0.15, 0.2) is 14.7 Å². The normalized spacial score (nSPS) is 14.6. The van der Waals surface area contributed by atoms with Gasteiger partial charge in [-0.25, -0.2) is 0 Å². The van der Waals surface area contributed by atoms with Crippen molar-refractivity contribution in [2.45, 2.75) is 21.1 Å². The van der Waals surface area contributed by atoms with E-state index >= 15 is 0 Å². The summed E-state index contributed by atoms with van der Waals surface area (Å²) in [5.41, 5.74) is 7.08. The van der Waals surface area contributed by atoms with Crippen LogP contribution in [0.2, 0.25) is 0 Å². The molecule has 2 N–H and O–H groups in total. The van der Waals surface area contributed by atoms with Crippen molar-refractivity contribution in [2.24, 2.45) is 5.73 Å². The molecule has 0 amide bonds. The van der Waals surface area contributed by atoms with Gasteiger partial charge < -0.3 is 15.2 Å². The number of fused-ring (bicyclic) bond motifs is 1. The Morgan fingerprint density at radius 3 is 2.20 bits per heavy atom. The molecule has 1 aliphatic heterocycles. The average molecular weight is 386 g/mol. The summed E-state index contributed by atoms with van der Waals surface area (Å²) in [6.07, 6.45) is 2.91. The molecular weight excluding hydrogens is 371 g/mol. The Kier molecular flexibility index (Phi) is 7.32. The number of methoxy groups -OCH3 is 2. The van der Waals surface area contributed by atoms with Gasteiger partial charge in [0.25, 0.3) is 0 Å². The van der Waals surface area contributed by atoms with Gasteiger partial charge in [-0.05, 0) is 75.9 Å². The van der Waals surface area contributed by atoms with Crippen molar-refractivity contribution in [2.75, 3.05) is 27.0 Å². The molecule has 0 fully saturated rings. The second-order valence-electron chi connectivity index (χ2n) is 3.65. The molecule has 0 aliphatic carbocycles. The van der Waals surface area contributed by atoms with Gasteiger partial charge in [0.15, 0.2) is 11.5 Å². The average Bonchev–Trinajstić information content (AvgIpc) is 2.72. The van der Waals surface area contributed by atoms with Crippen LogP contribution in [0, 0.1) is 0 Å². The molecule has 0 aromatic heterocycles. The van der Waals surface area contributed by atoms with E-state index in [1.54, 1.807) is 77.0 Å². The van der Waals surface area contributed by atoms with Crippen LogP contribution in [0.4, 0.5) is 0 Å². The molecular formula is C11H15NO2S6. The number of hydrogen-bond acceptors (Lipinski definition) is 9. The highest BCUT2D eigenvalue weighted by molar-refractivity contribution is 9.36. The number of rotatable bonds is 5. The van der Waals surface area contributed by atoms with E-state index in [-0.39, 0.29) is 0 Å². The van der Waals surface area contributed by atoms with Gasteiger partial charge >= 0.3 is 0 Å². The molecule has 1 heterocycles. The van der Waals surface area contributed by atoms with E-state index in [2.05, 4.69) is 6.26 Å². The summed E-state index contributed by atoms with van der Waals surface area (Å²) in [5, 5.41) is 0. The molecule has 0 spiro atoms. The van der Waals surface area contributed by atoms with E-state index in [0.717, 1.165) is 27.7 Å². The van der Waals surface area contributed by atoms with E-state index < -0.39 is 0 Å². The maximum atomic E-state index is 5.80. The summed E-state index contributed by atoms with van der Waals surface area (Å²) >= 11 is 1.69. The number of thioether (sulfide) groups is 1. The fourth-order valence-corrected chi connectivity index (χ4v) is 12.0. The number of benzene rings is 1. The Labute approximate surface area is 142 Å². The topological polar surface area (TPSA) is 44.5 Å². The summed E-state index contributed by atoms with van der Waals surface area (Å²) in [6.45, 7) is 0.631. The Bertz CT molecular complexity index is 485. The molecule has 0 bridgehead atoms. The monoisotopic (exact) mass is 385 g/mol. The van der Waals surface area contributed by atoms with Crippen molar-refractivity contribution in [1.82, 2.24) is 0 Å².